The molecule has 4 aliphatic rings. The van der Waals surface area contributed by atoms with Gasteiger partial charge >= 0.3 is 0 Å². The summed E-state index contributed by atoms with van der Waals surface area (Å²) in [5.41, 5.74) is 14.4. The van der Waals surface area contributed by atoms with Crippen molar-refractivity contribution in [3.63, 3.8) is 0 Å². The molecule has 2 aromatic rings. The van der Waals surface area contributed by atoms with E-state index in [2.05, 4.69) is 27.7 Å². The fraction of sp³-hybridized carbons (Fsp3) is 0.476. The monoisotopic (exact) mass is 379 g/mol. The molecular weight excluding hydrogens is 354 g/mol. The topological polar surface area (TPSA) is 89.7 Å². The van der Waals surface area contributed by atoms with E-state index in [0.717, 1.165) is 33.9 Å². The van der Waals surface area contributed by atoms with Crippen LogP contribution in [-0.2, 0) is 5.41 Å². The Kier molecular flexibility index (Phi) is 4.04. The van der Waals surface area contributed by atoms with Gasteiger partial charge in [-0.25, -0.2) is 4.98 Å². The number of hydrogen-bond donors (Lipinski definition) is 2. The van der Waals surface area contributed by atoms with Crippen molar-refractivity contribution >= 4 is 23.5 Å². The summed E-state index contributed by atoms with van der Waals surface area (Å²) in [6, 6.07) is 8.23. The summed E-state index contributed by atoms with van der Waals surface area (Å²) in [7, 11) is 0. The van der Waals surface area contributed by atoms with Gasteiger partial charge in [-0.3, -0.25) is 0 Å². The molecule has 4 fully saturated rings. The summed E-state index contributed by atoms with van der Waals surface area (Å²) in [5, 5.41) is 10.9. The number of thiazole rings is 1. The maximum absolute atomic E-state index is 5.27. The first-order chi connectivity index (χ1) is 13.1. The third-order valence-electron chi connectivity index (χ3n) is 6.62. The zero-order chi connectivity index (χ0) is 18.4. The van der Waals surface area contributed by atoms with Crippen LogP contribution in [0, 0.1) is 17.8 Å². The molecule has 1 heterocycles. The first-order valence-corrected chi connectivity index (χ1v) is 10.7. The minimum Gasteiger partial charge on any atom is -0.369 e. The van der Waals surface area contributed by atoms with E-state index in [9.17, 15) is 0 Å². The van der Waals surface area contributed by atoms with Crippen molar-refractivity contribution in [2.24, 2.45) is 39.4 Å². The standard InChI is InChI=1S/C21H25N5S/c22-20(23)26-24-11-13-1-3-17(4-2-13)19-25-18(12-27-19)21-8-14-5-15(9-21)7-16(6-14)10-21/h1-4,11-12,14-16H,5-10H2,(H4,22,23,26). The Morgan fingerprint density at radius 1 is 1.04 bits per heavy atom. The lowest BCUT2D eigenvalue weighted by atomic mass is 9.49. The van der Waals surface area contributed by atoms with E-state index in [0.29, 0.717) is 5.41 Å². The quantitative estimate of drug-likeness (QED) is 0.480. The zero-order valence-corrected chi connectivity index (χ0v) is 16.2. The third-order valence-corrected chi connectivity index (χ3v) is 7.51. The maximum atomic E-state index is 5.27. The molecule has 4 saturated carbocycles. The molecule has 4 bridgehead atoms. The zero-order valence-electron chi connectivity index (χ0n) is 15.3. The lowest BCUT2D eigenvalue weighted by Crippen LogP contribution is -2.48. The number of rotatable bonds is 4. The molecule has 0 radical (unpaired) electrons. The molecule has 0 amide bonds. The number of benzene rings is 1. The summed E-state index contributed by atoms with van der Waals surface area (Å²) in [5.74, 6) is 2.81. The predicted octanol–water partition coefficient (Wildman–Crippen LogP) is 3.89. The molecule has 4 aliphatic carbocycles. The molecule has 6 rings (SSSR count). The maximum Gasteiger partial charge on any atom is 0.211 e. The second-order valence-corrected chi connectivity index (χ2v) is 9.49. The highest BCUT2D eigenvalue weighted by molar-refractivity contribution is 7.13. The van der Waals surface area contributed by atoms with Crippen LogP contribution in [0.25, 0.3) is 10.6 Å². The van der Waals surface area contributed by atoms with Gasteiger partial charge in [0, 0.05) is 16.4 Å². The van der Waals surface area contributed by atoms with Gasteiger partial charge in [0.25, 0.3) is 0 Å². The number of nitrogens with two attached hydrogens (primary N) is 2. The van der Waals surface area contributed by atoms with Crippen LogP contribution in [0.4, 0.5) is 0 Å². The molecule has 4 N–H and O–H groups in total. The van der Waals surface area contributed by atoms with Gasteiger partial charge in [0.15, 0.2) is 0 Å². The molecule has 140 valence electrons. The molecule has 0 saturated heterocycles. The Balaban J connectivity index is 1.37. The van der Waals surface area contributed by atoms with Crippen molar-refractivity contribution in [3.05, 3.63) is 40.9 Å². The summed E-state index contributed by atoms with van der Waals surface area (Å²) < 4.78 is 0. The van der Waals surface area contributed by atoms with Gasteiger partial charge in [-0.2, -0.15) is 5.10 Å². The van der Waals surface area contributed by atoms with Crippen molar-refractivity contribution in [1.82, 2.24) is 4.98 Å². The van der Waals surface area contributed by atoms with Crippen LogP contribution < -0.4 is 11.5 Å². The molecule has 6 heteroatoms. The Labute approximate surface area is 163 Å². The number of guanidine groups is 1. The van der Waals surface area contributed by atoms with Gasteiger partial charge in [-0.05, 0) is 61.8 Å². The van der Waals surface area contributed by atoms with E-state index in [-0.39, 0.29) is 5.96 Å². The van der Waals surface area contributed by atoms with Crippen molar-refractivity contribution in [1.29, 1.82) is 0 Å². The van der Waals surface area contributed by atoms with Gasteiger partial charge in [0.2, 0.25) is 5.96 Å². The van der Waals surface area contributed by atoms with Crippen molar-refractivity contribution < 1.29 is 0 Å². The molecule has 27 heavy (non-hydrogen) atoms. The van der Waals surface area contributed by atoms with Gasteiger partial charge in [-0.15, -0.1) is 16.4 Å². The fourth-order valence-corrected chi connectivity index (χ4v) is 6.90. The molecule has 5 nitrogen and oxygen atoms in total. The van der Waals surface area contributed by atoms with Gasteiger partial charge < -0.3 is 11.5 Å². The van der Waals surface area contributed by atoms with E-state index in [1.54, 1.807) is 17.6 Å². The van der Waals surface area contributed by atoms with Crippen molar-refractivity contribution in [2.45, 2.75) is 43.9 Å². The van der Waals surface area contributed by atoms with E-state index < -0.39 is 0 Å². The molecular formula is C21H25N5S. The molecule has 1 aromatic carbocycles. The second kappa shape index (κ2) is 6.44. The average Bonchev–Trinajstić information content (AvgIpc) is 3.12. The Hall–Kier alpha value is -2.21. The van der Waals surface area contributed by atoms with E-state index in [1.165, 1.54) is 44.2 Å². The largest absolute Gasteiger partial charge is 0.369 e. The van der Waals surface area contributed by atoms with Crippen LogP contribution in [0.5, 0.6) is 0 Å². The van der Waals surface area contributed by atoms with Crippen LogP contribution in [-0.4, -0.2) is 17.2 Å². The van der Waals surface area contributed by atoms with Gasteiger partial charge in [0.1, 0.15) is 5.01 Å². The fourth-order valence-electron chi connectivity index (χ4n) is 5.95. The Bertz CT molecular complexity index is 856. The van der Waals surface area contributed by atoms with E-state index in [4.69, 9.17) is 16.5 Å². The van der Waals surface area contributed by atoms with E-state index >= 15 is 0 Å². The van der Waals surface area contributed by atoms with Gasteiger partial charge in [-0.1, -0.05) is 24.3 Å². The van der Waals surface area contributed by atoms with Crippen LogP contribution in [0.3, 0.4) is 0 Å². The first-order valence-electron chi connectivity index (χ1n) is 9.78. The normalized spacial score (nSPS) is 31.5. The Morgan fingerprint density at radius 2 is 1.67 bits per heavy atom. The lowest BCUT2D eigenvalue weighted by Gasteiger charge is -2.56. The summed E-state index contributed by atoms with van der Waals surface area (Å²) in [4.78, 5) is 5.12. The molecule has 0 aliphatic heterocycles. The molecule has 0 atom stereocenters. The Morgan fingerprint density at radius 3 is 2.26 bits per heavy atom. The SMILES string of the molecule is NC(N)=NN=Cc1ccc(-c2nc(C34CC5CC(CC(C5)C3)C4)cs2)cc1. The minimum atomic E-state index is -0.0390. The van der Waals surface area contributed by atoms with Crippen LogP contribution in [0.2, 0.25) is 0 Å². The van der Waals surface area contributed by atoms with Crippen LogP contribution in [0.1, 0.15) is 49.8 Å². The van der Waals surface area contributed by atoms with Crippen LogP contribution in [0.15, 0.2) is 39.8 Å². The summed E-state index contributed by atoms with van der Waals surface area (Å²) >= 11 is 1.78. The average molecular weight is 380 g/mol. The van der Waals surface area contributed by atoms with Crippen molar-refractivity contribution in [2.75, 3.05) is 0 Å². The highest BCUT2D eigenvalue weighted by Gasteiger charge is 2.52. The number of aromatic nitrogens is 1. The smallest absolute Gasteiger partial charge is 0.211 e. The minimum absolute atomic E-state index is 0.0390. The molecule has 0 spiro atoms. The highest BCUT2D eigenvalue weighted by Crippen LogP contribution is 2.60. The first kappa shape index (κ1) is 16.9. The third kappa shape index (κ3) is 3.16. The van der Waals surface area contributed by atoms with Crippen molar-refractivity contribution in [3.8, 4) is 10.6 Å². The number of nitrogens with zero attached hydrogens (tertiary/aromatic N) is 3. The predicted molar refractivity (Wildman–Crippen MR) is 111 cm³/mol. The highest BCUT2D eigenvalue weighted by atomic mass is 32.1. The molecule has 0 unspecified atom stereocenters. The lowest BCUT2D eigenvalue weighted by molar-refractivity contribution is -0.00689. The van der Waals surface area contributed by atoms with E-state index in [1.807, 2.05) is 12.1 Å². The summed E-state index contributed by atoms with van der Waals surface area (Å²) in [6.45, 7) is 0. The second-order valence-electron chi connectivity index (χ2n) is 8.63. The van der Waals surface area contributed by atoms with Crippen LogP contribution >= 0.6 is 11.3 Å². The van der Waals surface area contributed by atoms with Gasteiger partial charge in [0.05, 0.1) is 11.9 Å². The summed E-state index contributed by atoms with van der Waals surface area (Å²) in [6.07, 6.45) is 10.1. The molecule has 1 aromatic heterocycles. The number of hydrogen-bond acceptors (Lipinski definition) is 4.